The Morgan fingerprint density at radius 3 is 2.75 bits per heavy atom. The highest BCUT2D eigenvalue weighted by Gasteiger charge is 2.23. The van der Waals surface area contributed by atoms with E-state index in [2.05, 4.69) is 20.2 Å². The van der Waals surface area contributed by atoms with Gasteiger partial charge in [-0.25, -0.2) is 4.98 Å². The standard InChI is InChI=1S/C14H23N5O/c1-15-14-16-7-4-12(17-14)19-8-5-11(6-9-19)10-13(20)18(2)3/h4,7,11H,5-6,8-10H2,1-3H3,(H,15,16,17). The first-order chi connectivity index (χ1) is 9.60. The minimum absolute atomic E-state index is 0.225. The summed E-state index contributed by atoms with van der Waals surface area (Å²) in [5, 5.41) is 2.95. The molecule has 1 aliphatic heterocycles. The number of carbonyl (C=O) groups excluding carboxylic acids is 1. The van der Waals surface area contributed by atoms with Gasteiger partial charge < -0.3 is 15.1 Å². The van der Waals surface area contributed by atoms with Gasteiger partial charge in [-0.15, -0.1) is 0 Å². The molecule has 0 bridgehead atoms. The van der Waals surface area contributed by atoms with Gasteiger partial charge in [-0.05, 0) is 24.8 Å². The van der Waals surface area contributed by atoms with E-state index in [1.807, 2.05) is 27.2 Å². The molecule has 0 radical (unpaired) electrons. The number of aromatic nitrogens is 2. The van der Waals surface area contributed by atoms with Crippen molar-refractivity contribution in [3.05, 3.63) is 12.3 Å². The molecule has 2 rings (SSSR count). The van der Waals surface area contributed by atoms with E-state index in [1.165, 1.54) is 0 Å². The third kappa shape index (κ3) is 3.59. The van der Waals surface area contributed by atoms with Crippen LogP contribution in [0.5, 0.6) is 0 Å². The van der Waals surface area contributed by atoms with Crippen molar-refractivity contribution < 1.29 is 4.79 Å². The summed E-state index contributed by atoms with van der Waals surface area (Å²) in [6.07, 6.45) is 4.51. The van der Waals surface area contributed by atoms with E-state index in [1.54, 1.807) is 11.1 Å². The predicted octanol–water partition coefficient (Wildman–Crippen LogP) is 1.21. The lowest BCUT2D eigenvalue weighted by molar-refractivity contribution is -0.129. The number of nitrogens with zero attached hydrogens (tertiary/aromatic N) is 4. The van der Waals surface area contributed by atoms with E-state index in [4.69, 9.17) is 0 Å². The molecule has 1 aromatic heterocycles. The van der Waals surface area contributed by atoms with Gasteiger partial charge in [0.25, 0.3) is 0 Å². The zero-order valence-electron chi connectivity index (χ0n) is 12.5. The van der Waals surface area contributed by atoms with Crippen LogP contribution in [0.1, 0.15) is 19.3 Å². The summed E-state index contributed by atoms with van der Waals surface area (Å²) in [5.41, 5.74) is 0. The van der Waals surface area contributed by atoms with Crippen LogP contribution in [0, 0.1) is 5.92 Å². The lowest BCUT2D eigenvalue weighted by Gasteiger charge is -2.33. The van der Waals surface area contributed by atoms with Crippen LogP contribution in [0.25, 0.3) is 0 Å². The molecule has 1 saturated heterocycles. The topological polar surface area (TPSA) is 61.4 Å². The minimum Gasteiger partial charge on any atom is -0.357 e. The summed E-state index contributed by atoms with van der Waals surface area (Å²) in [6.45, 7) is 1.90. The molecule has 0 saturated carbocycles. The maximum atomic E-state index is 11.7. The zero-order chi connectivity index (χ0) is 14.5. The van der Waals surface area contributed by atoms with Crippen molar-refractivity contribution in [3.8, 4) is 0 Å². The highest BCUT2D eigenvalue weighted by molar-refractivity contribution is 5.75. The van der Waals surface area contributed by atoms with Gasteiger partial charge in [0.05, 0.1) is 0 Å². The number of hydrogen-bond donors (Lipinski definition) is 1. The lowest BCUT2D eigenvalue weighted by atomic mass is 9.93. The molecular weight excluding hydrogens is 254 g/mol. The summed E-state index contributed by atoms with van der Waals surface area (Å²) >= 11 is 0. The summed E-state index contributed by atoms with van der Waals surface area (Å²) < 4.78 is 0. The Kier molecular flexibility index (Phi) is 4.76. The summed E-state index contributed by atoms with van der Waals surface area (Å²) in [7, 11) is 5.45. The summed E-state index contributed by atoms with van der Waals surface area (Å²) in [4.78, 5) is 24.3. The van der Waals surface area contributed by atoms with Gasteiger partial charge in [-0.3, -0.25) is 4.79 Å². The first-order valence-corrected chi connectivity index (χ1v) is 7.06. The highest BCUT2D eigenvalue weighted by atomic mass is 16.2. The van der Waals surface area contributed by atoms with Crippen molar-refractivity contribution in [2.75, 3.05) is 44.4 Å². The average molecular weight is 277 g/mol. The molecule has 1 fully saturated rings. The van der Waals surface area contributed by atoms with Gasteiger partial charge >= 0.3 is 0 Å². The fraction of sp³-hybridized carbons (Fsp3) is 0.643. The van der Waals surface area contributed by atoms with E-state index in [0.29, 0.717) is 18.3 Å². The van der Waals surface area contributed by atoms with Crippen molar-refractivity contribution in [2.45, 2.75) is 19.3 Å². The Bertz CT molecular complexity index is 455. The predicted molar refractivity (Wildman–Crippen MR) is 79.8 cm³/mol. The summed E-state index contributed by atoms with van der Waals surface area (Å²) in [6, 6.07) is 1.94. The molecule has 1 aliphatic rings. The molecule has 110 valence electrons. The first kappa shape index (κ1) is 14.6. The number of amides is 1. The Labute approximate surface area is 120 Å². The normalized spacial score (nSPS) is 16.1. The summed E-state index contributed by atoms with van der Waals surface area (Å²) in [5.74, 6) is 2.32. The molecule has 0 unspecified atom stereocenters. The highest BCUT2D eigenvalue weighted by Crippen LogP contribution is 2.24. The van der Waals surface area contributed by atoms with Gasteiger partial charge in [-0.2, -0.15) is 4.98 Å². The van der Waals surface area contributed by atoms with Crippen LogP contribution in [0.3, 0.4) is 0 Å². The van der Waals surface area contributed by atoms with Gasteiger partial charge in [0.1, 0.15) is 5.82 Å². The van der Waals surface area contributed by atoms with E-state index in [9.17, 15) is 4.79 Å². The molecule has 0 spiro atoms. The molecule has 1 aromatic rings. The molecule has 6 nitrogen and oxygen atoms in total. The van der Waals surface area contributed by atoms with E-state index >= 15 is 0 Å². The molecule has 1 N–H and O–H groups in total. The van der Waals surface area contributed by atoms with Crippen molar-refractivity contribution in [1.82, 2.24) is 14.9 Å². The number of carbonyl (C=O) groups is 1. The maximum Gasteiger partial charge on any atom is 0.224 e. The Morgan fingerprint density at radius 2 is 2.15 bits per heavy atom. The minimum atomic E-state index is 0.225. The third-order valence-corrected chi connectivity index (χ3v) is 3.77. The molecule has 2 heterocycles. The lowest BCUT2D eigenvalue weighted by Crippen LogP contribution is -2.36. The number of anilines is 2. The van der Waals surface area contributed by atoms with E-state index < -0.39 is 0 Å². The average Bonchev–Trinajstić information content (AvgIpc) is 2.48. The van der Waals surface area contributed by atoms with Crippen LogP contribution in [-0.2, 0) is 4.79 Å². The van der Waals surface area contributed by atoms with Gasteiger partial charge in [0.2, 0.25) is 11.9 Å². The molecule has 20 heavy (non-hydrogen) atoms. The fourth-order valence-corrected chi connectivity index (χ4v) is 2.44. The SMILES string of the molecule is CNc1nccc(N2CCC(CC(=O)N(C)C)CC2)n1. The number of rotatable bonds is 4. The third-order valence-electron chi connectivity index (χ3n) is 3.77. The van der Waals surface area contributed by atoms with E-state index in [0.717, 1.165) is 31.7 Å². The molecule has 6 heteroatoms. The van der Waals surface area contributed by atoms with Crippen LogP contribution in [0.2, 0.25) is 0 Å². The van der Waals surface area contributed by atoms with Crippen molar-refractivity contribution in [3.63, 3.8) is 0 Å². The van der Waals surface area contributed by atoms with Gasteiger partial charge in [0.15, 0.2) is 0 Å². The second-order valence-corrected chi connectivity index (χ2v) is 5.41. The van der Waals surface area contributed by atoms with Crippen LogP contribution in [0.4, 0.5) is 11.8 Å². The van der Waals surface area contributed by atoms with Crippen molar-refractivity contribution in [2.24, 2.45) is 5.92 Å². The molecule has 1 amide bonds. The second-order valence-electron chi connectivity index (χ2n) is 5.41. The molecule has 0 aromatic carbocycles. The quantitative estimate of drug-likeness (QED) is 0.896. The Hall–Kier alpha value is -1.85. The number of nitrogens with one attached hydrogen (secondary N) is 1. The van der Waals surface area contributed by atoms with Crippen molar-refractivity contribution in [1.29, 1.82) is 0 Å². The molecular formula is C14H23N5O. The second kappa shape index (κ2) is 6.54. The van der Waals surface area contributed by atoms with Crippen LogP contribution in [-0.4, -0.2) is 55.0 Å². The van der Waals surface area contributed by atoms with Gasteiger partial charge in [0, 0.05) is 46.9 Å². The molecule has 0 atom stereocenters. The monoisotopic (exact) mass is 277 g/mol. The number of hydrogen-bond acceptors (Lipinski definition) is 5. The Morgan fingerprint density at radius 1 is 1.45 bits per heavy atom. The zero-order valence-corrected chi connectivity index (χ0v) is 12.5. The largest absolute Gasteiger partial charge is 0.357 e. The first-order valence-electron chi connectivity index (χ1n) is 7.06. The Balaban J connectivity index is 1.89. The van der Waals surface area contributed by atoms with Crippen LogP contribution < -0.4 is 10.2 Å². The van der Waals surface area contributed by atoms with Crippen LogP contribution >= 0.6 is 0 Å². The number of piperidine rings is 1. The fourth-order valence-electron chi connectivity index (χ4n) is 2.44. The van der Waals surface area contributed by atoms with Crippen LogP contribution in [0.15, 0.2) is 12.3 Å². The smallest absolute Gasteiger partial charge is 0.224 e. The molecule has 0 aliphatic carbocycles. The van der Waals surface area contributed by atoms with Crippen molar-refractivity contribution >= 4 is 17.7 Å². The maximum absolute atomic E-state index is 11.7. The van der Waals surface area contributed by atoms with E-state index in [-0.39, 0.29) is 5.91 Å². The van der Waals surface area contributed by atoms with Gasteiger partial charge in [-0.1, -0.05) is 0 Å².